The molecule has 1 aromatic carbocycles. The highest BCUT2D eigenvalue weighted by Gasteiger charge is 2.24. The minimum absolute atomic E-state index is 0.0921. The number of hydrogen-bond donors (Lipinski definition) is 2. The molecule has 1 aliphatic rings. The Morgan fingerprint density at radius 3 is 3.00 bits per heavy atom. The van der Waals surface area contributed by atoms with Crippen molar-refractivity contribution in [1.82, 2.24) is 4.98 Å². The van der Waals surface area contributed by atoms with Gasteiger partial charge in [-0.3, -0.25) is 4.79 Å². The van der Waals surface area contributed by atoms with Crippen molar-refractivity contribution in [2.45, 2.75) is 51.0 Å². The number of hydrogen-bond acceptors (Lipinski definition) is 3. The number of carboxylic acid groups (broad SMARTS) is 1. The van der Waals surface area contributed by atoms with Gasteiger partial charge >= 0.3 is 5.97 Å². The lowest BCUT2D eigenvalue weighted by Crippen LogP contribution is -2.10. The monoisotopic (exact) mass is 369 g/mol. The predicted octanol–water partition coefficient (Wildman–Crippen LogP) is 5.48. The van der Waals surface area contributed by atoms with Gasteiger partial charge in [-0.15, -0.1) is 11.3 Å². The third-order valence-electron chi connectivity index (χ3n) is 5.16. The van der Waals surface area contributed by atoms with Crippen molar-refractivity contribution in [3.8, 4) is 5.75 Å². The van der Waals surface area contributed by atoms with Crippen LogP contribution < -0.4 is 4.74 Å². The highest BCUT2D eigenvalue weighted by molar-refractivity contribution is 7.09. The summed E-state index contributed by atoms with van der Waals surface area (Å²) in [5, 5.41) is 12.5. The number of carboxylic acids is 1. The molecule has 3 aromatic rings. The van der Waals surface area contributed by atoms with E-state index in [1.54, 1.807) is 11.3 Å². The SMILES string of the molecule is O=C(O)CC1CCCCCc2[nH]c3cc(OCc4cccs4)ccc3c21. The number of thiophene rings is 1. The van der Waals surface area contributed by atoms with Gasteiger partial charge in [0.15, 0.2) is 0 Å². The first kappa shape index (κ1) is 17.2. The summed E-state index contributed by atoms with van der Waals surface area (Å²) in [6.07, 6.45) is 5.57. The van der Waals surface area contributed by atoms with E-state index >= 15 is 0 Å². The minimum Gasteiger partial charge on any atom is -0.488 e. The van der Waals surface area contributed by atoms with Crippen LogP contribution in [-0.4, -0.2) is 16.1 Å². The summed E-state index contributed by atoms with van der Waals surface area (Å²) in [7, 11) is 0. The van der Waals surface area contributed by atoms with E-state index in [0.29, 0.717) is 6.61 Å². The lowest BCUT2D eigenvalue weighted by atomic mass is 9.85. The number of carbonyl (C=O) groups is 1. The molecule has 0 saturated heterocycles. The van der Waals surface area contributed by atoms with Gasteiger partial charge in [0.2, 0.25) is 0 Å². The predicted molar refractivity (Wildman–Crippen MR) is 104 cm³/mol. The first-order valence-corrected chi connectivity index (χ1v) is 10.1. The Hall–Kier alpha value is -2.27. The van der Waals surface area contributed by atoms with E-state index in [0.717, 1.165) is 42.3 Å². The second-order valence-electron chi connectivity index (χ2n) is 6.99. The van der Waals surface area contributed by atoms with Gasteiger partial charge in [-0.05, 0) is 54.3 Å². The molecule has 2 aromatic heterocycles. The number of nitrogens with one attached hydrogen (secondary N) is 1. The number of aromatic amines is 1. The van der Waals surface area contributed by atoms with Crippen molar-refractivity contribution in [3.05, 3.63) is 51.8 Å². The van der Waals surface area contributed by atoms with Gasteiger partial charge in [-0.25, -0.2) is 0 Å². The van der Waals surface area contributed by atoms with Crippen molar-refractivity contribution in [2.75, 3.05) is 0 Å². The van der Waals surface area contributed by atoms with Crippen LogP contribution in [0.15, 0.2) is 35.7 Å². The lowest BCUT2D eigenvalue weighted by molar-refractivity contribution is -0.137. The molecule has 0 spiro atoms. The summed E-state index contributed by atoms with van der Waals surface area (Å²) in [5.41, 5.74) is 3.48. The molecular formula is C21H23NO3S. The number of ether oxygens (including phenoxy) is 1. The van der Waals surface area contributed by atoms with E-state index in [1.165, 1.54) is 22.6 Å². The fraction of sp³-hybridized carbons (Fsp3) is 0.381. The third-order valence-corrected chi connectivity index (χ3v) is 6.01. The normalized spacial score (nSPS) is 17.5. The summed E-state index contributed by atoms with van der Waals surface area (Å²) in [6, 6.07) is 10.2. The van der Waals surface area contributed by atoms with Gasteiger partial charge < -0.3 is 14.8 Å². The van der Waals surface area contributed by atoms with Gasteiger partial charge in [-0.2, -0.15) is 0 Å². The number of aryl methyl sites for hydroxylation is 1. The second kappa shape index (κ2) is 7.54. The van der Waals surface area contributed by atoms with E-state index in [2.05, 4.69) is 22.5 Å². The van der Waals surface area contributed by atoms with E-state index in [9.17, 15) is 9.90 Å². The number of aliphatic carboxylic acids is 1. The average Bonchev–Trinajstić information content (AvgIpc) is 3.23. The zero-order valence-electron chi connectivity index (χ0n) is 14.7. The molecule has 0 saturated carbocycles. The van der Waals surface area contributed by atoms with Crippen LogP contribution in [0.5, 0.6) is 5.75 Å². The second-order valence-corrected chi connectivity index (χ2v) is 8.02. The van der Waals surface area contributed by atoms with Crippen molar-refractivity contribution in [3.63, 3.8) is 0 Å². The van der Waals surface area contributed by atoms with Gasteiger partial charge in [0.25, 0.3) is 0 Å². The van der Waals surface area contributed by atoms with Gasteiger partial charge in [0, 0.05) is 27.5 Å². The molecule has 26 heavy (non-hydrogen) atoms. The topological polar surface area (TPSA) is 62.3 Å². The smallest absolute Gasteiger partial charge is 0.303 e. The van der Waals surface area contributed by atoms with Gasteiger partial charge in [0.05, 0.1) is 6.42 Å². The average molecular weight is 369 g/mol. The maximum absolute atomic E-state index is 11.4. The first-order valence-electron chi connectivity index (χ1n) is 9.22. The molecule has 1 atom stereocenters. The van der Waals surface area contributed by atoms with Gasteiger partial charge in [0.1, 0.15) is 12.4 Å². The summed E-state index contributed by atoms with van der Waals surface area (Å²) in [6.45, 7) is 0.575. The minimum atomic E-state index is -0.716. The molecule has 1 aliphatic carbocycles. The molecule has 2 heterocycles. The van der Waals surface area contributed by atoms with Crippen molar-refractivity contribution < 1.29 is 14.6 Å². The Morgan fingerprint density at radius 2 is 2.19 bits per heavy atom. The fourth-order valence-electron chi connectivity index (χ4n) is 3.99. The van der Waals surface area contributed by atoms with Crippen LogP contribution in [0.25, 0.3) is 10.9 Å². The van der Waals surface area contributed by atoms with Crippen LogP contribution in [0.4, 0.5) is 0 Å². The van der Waals surface area contributed by atoms with Crippen molar-refractivity contribution in [2.24, 2.45) is 0 Å². The number of fused-ring (bicyclic) bond motifs is 3. The van der Waals surface area contributed by atoms with E-state index in [1.807, 2.05) is 18.2 Å². The van der Waals surface area contributed by atoms with Crippen molar-refractivity contribution >= 4 is 28.2 Å². The Bertz CT molecular complexity index is 898. The lowest BCUT2D eigenvalue weighted by Gasteiger charge is -2.19. The van der Waals surface area contributed by atoms with Crippen LogP contribution in [0.3, 0.4) is 0 Å². The fourth-order valence-corrected chi connectivity index (χ4v) is 4.60. The van der Waals surface area contributed by atoms with E-state index < -0.39 is 5.97 Å². The highest BCUT2D eigenvalue weighted by atomic mass is 32.1. The number of benzene rings is 1. The van der Waals surface area contributed by atoms with Crippen LogP contribution >= 0.6 is 11.3 Å². The molecule has 0 amide bonds. The molecule has 5 heteroatoms. The number of aromatic nitrogens is 1. The van der Waals surface area contributed by atoms with E-state index in [-0.39, 0.29) is 12.3 Å². The molecule has 2 N–H and O–H groups in total. The summed E-state index contributed by atoms with van der Waals surface area (Å²) in [4.78, 5) is 16.1. The molecule has 4 rings (SSSR count). The zero-order chi connectivity index (χ0) is 17.9. The Morgan fingerprint density at radius 1 is 1.27 bits per heavy atom. The summed E-state index contributed by atoms with van der Waals surface area (Å²) in [5.74, 6) is 0.219. The van der Waals surface area contributed by atoms with E-state index in [4.69, 9.17) is 4.74 Å². The van der Waals surface area contributed by atoms with Crippen molar-refractivity contribution in [1.29, 1.82) is 0 Å². The summed E-state index contributed by atoms with van der Waals surface area (Å²) >= 11 is 1.69. The third kappa shape index (κ3) is 3.63. The molecule has 0 fully saturated rings. The molecule has 136 valence electrons. The molecule has 1 unspecified atom stereocenters. The Kier molecular flexibility index (Phi) is 4.98. The summed E-state index contributed by atoms with van der Waals surface area (Å²) < 4.78 is 5.93. The maximum atomic E-state index is 11.4. The number of H-pyrrole nitrogens is 1. The van der Waals surface area contributed by atoms with Gasteiger partial charge in [-0.1, -0.05) is 18.9 Å². The largest absolute Gasteiger partial charge is 0.488 e. The Balaban J connectivity index is 1.65. The molecule has 0 aliphatic heterocycles. The molecule has 4 nitrogen and oxygen atoms in total. The standard InChI is InChI=1S/C21H23NO3S/c23-20(24)11-14-5-2-1-3-7-18-21(14)17-9-8-15(12-19(17)22-18)25-13-16-6-4-10-26-16/h4,6,8-10,12,14,22H,1-3,5,7,11,13H2,(H,23,24). The van der Waals surface area contributed by atoms with Crippen LogP contribution in [0, 0.1) is 0 Å². The molecular weight excluding hydrogens is 346 g/mol. The zero-order valence-corrected chi connectivity index (χ0v) is 15.5. The quantitative estimate of drug-likeness (QED) is 0.626. The number of rotatable bonds is 5. The molecule has 0 bridgehead atoms. The molecule has 0 radical (unpaired) electrons. The maximum Gasteiger partial charge on any atom is 0.303 e. The highest BCUT2D eigenvalue weighted by Crippen LogP contribution is 2.38. The first-order chi connectivity index (χ1) is 12.7. The van der Waals surface area contributed by atoms with Crippen LogP contribution in [-0.2, 0) is 17.8 Å². The van der Waals surface area contributed by atoms with Crippen LogP contribution in [0.2, 0.25) is 0 Å². The Labute approximate surface area is 156 Å². The van der Waals surface area contributed by atoms with Crippen LogP contribution in [0.1, 0.15) is 54.2 Å².